The van der Waals surface area contributed by atoms with Crippen molar-refractivity contribution in [2.45, 2.75) is 25.8 Å². The number of H-pyrrole nitrogens is 2. The Morgan fingerprint density at radius 1 is 1.25 bits per heavy atom. The summed E-state index contributed by atoms with van der Waals surface area (Å²) in [6.07, 6.45) is 1.42. The third kappa shape index (κ3) is 2.94. The van der Waals surface area contributed by atoms with Gasteiger partial charge in [-0.3, -0.25) is 14.4 Å². The number of fused-ring (bicyclic) bond motifs is 1. The van der Waals surface area contributed by atoms with E-state index in [9.17, 15) is 14.4 Å². The molecule has 20 heavy (non-hydrogen) atoms. The second-order valence-corrected chi connectivity index (χ2v) is 4.55. The van der Waals surface area contributed by atoms with E-state index in [1.807, 2.05) is 6.92 Å². The molecule has 0 saturated heterocycles. The first-order chi connectivity index (χ1) is 9.51. The summed E-state index contributed by atoms with van der Waals surface area (Å²) >= 11 is 0. The molecule has 0 spiro atoms. The number of hydrogen-bond donors (Lipinski definition) is 4. The van der Waals surface area contributed by atoms with E-state index in [1.165, 1.54) is 0 Å². The Hall–Kier alpha value is -2.41. The highest BCUT2D eigenvalue weighted by atomic mass is 16.2. The fourth-order valence-electron chi connectivity index (χ4n) is 1.87. The van der Waals surface area contributed by atoms with Crippen LogP contribution in [-0.4, -0.2) is 21.9 Å². The summed E-state index contributed by atoms with van der Waals surface area (Å²) in [7, 11) is 0. The lowest BCUT2D eigenvalue weighted by Crippen LogP contribution is -2.35. The Morgan fingerprint density at radius 2 is 1.90 bits per heavy atom. The van der Waals surface area contributed by atoms with Gasteiger partial charge in [-0.2, -0.15) is 0 Å². The van der Waals surface area contributed by atoms with Crippen LogP contribution < -0.4 is 22.2 Å². The highest BCUT2D eigenvalue weighted by molar-refractivity contribution is 5.96. The molecule has 0 bridgehead atoms. The van der Waals surface area contributed by atoms with E-state index in [2.05, 4.69) is 15.3 Å². The van der Waals surface area contributed by atoms with Crippen LogP contribution in [0.1, 0.15) is 19.8 Å². The van der Waals surface area contributed by atoms with Crippen molar-refractivity contribution in [3.8, 4) is 0 Å². The largest absolute Gasteiger partial charge is 0.325 e. The first-order valence-corrected chi connectivity index (χ1v) is 6.34. The van der Waals surface area contributed by atoms with Crippen LogP contribution in [0.15, 0.2) is 27.8 Å². The van der Waals surface area contributed by atoms with Gasteiger partial charge in [-0.25, -0.2) is 0 Å². The van der Waals surface area contributed by atoms with E-state index in [0.717, 1.165) is 6.42 Å². The Balaban J connectivity index is 2.28. The van der Waals surface area contributed by atoms with Crippen molar-refractivity contribution in [2.75, 3.05) is 5.32 Å². The minimum Gasteiger partial charge on any atom is -0.325 e. The molecule has 0 unspecified atom stereocenters. The maximum Gasteiger partial charge on any atom is 0.314 e. The molecular formula is C13H16N4O3. The number of aromatic nitrogens is 2. The lowest BCUT2D eigenvalue weighted by Gasteiger charge is -2.11. The van der Waals surface area contributed by atoms with Gasteiger partial charge in [-0.15, -0.1) is 0 Å². The van der Waals surface area contributed by atoms with Gasteiger partial charge in [-0.1, -0.05) is 13.3 Å². The SMILES string of the molecule is CCC[C@@H](N)C(=O)Nc1ccc2[nH]c(=O)c(=O)[nH]c2c1. The van der Waals surface area contributed by atoms with Gasteiger partial charge >= 0.3 is 11.1 Å². The van der Waals surface area contributed by atoms with Crippen LogP contribution in [0, 0.1) is 0 Å². The summed E-state index contributed by atoms with van der Waals surface area (Å²) in [5.41, 5.74) is 5.72. The molecule has 5 N–H and O–H groups in total. The number of carbonyl (C=O) groups is 1. The monoisotopic (exact) mass is 276 g/mol. The number of amides is 1. The number of anilines is 1. The zero-order valence-electron chi connectivity index (χ0n) is 11.0. The van der Waals surface area contributed by atoms with Crippen molar-refractivity contribution >= 4 is 22.6 Å². The van der Waals surface area contributed by atoms with Gasteiger partial charge < -0.3 is 21.0 Å². The average molecular weight is 276 g/mol. The molecule has 1 aromatic carbocycles. The van der Waals surface area contributed by atoms with Crippen molar-refractivity contribution in [2.24, 2.45) is 5.73 Å². The predicted octanol–water partition coefficient (Wildman–Crippen LogP) is 0.282. The molecule has 7 nitrogen and oxygen atoms in total. The van der Waals surface area contributed by atoms with Gasteiger partial charge in [0, 0.05) is 5.69 Å². The van der Waals surface area contributed by atoms with E-state index in [1.54, 1.807) is 18.2 Å². The molecule has 2 aromatic rings. The fraction of sp³-hybridized carbons (Fsp3) is 0.308. The van der Waals surface area contributed by atoms with Gasteiger partial charge in [-0.05, 0) is 24.6 Å². The Morgan fingerprint density at radius 3 is 2.55 bits per heavy atom. The summed E-state index contributed by atoms with van der Waals surface area (Å²) in [6, 6.07) is 4.25. The Labute approximate surface area is 114 Å². The molecule has 0 aliphatic heterocycles. The fourth-order valence-corrected chi connectivity index (χ4v) is 1.87. The molecule has 1 aromatic heterocycles. The first-order valence-electron chi connectivity index (χ1n) is 6.34. The van der Waals surface area contributed by atoms with Crippen molar-refractivity contribution in [3.63, 3.8) is 0 Å². The highest BCUT2D eigenvalue weighted by Gasteiger charge is 2.12. The minimum atomic E-state index is -0.733. The molecule has 0 saturated carbocycles. The normalized spacial score (nSPS) is 12.3. The molecule has 1 atom stereocenters. The van der Waals surface area contributed by atoms with Crippen LogP contribution in [0.4, 0.5) is 5.69 Å². The molecule has 0 radical (unpaired) electrons. The molecule has 0 aliphatic carbocycles. The average Bonchev–Trinajstić information content (AvgIpc) is 2.40. The van der Waals surface area contributed by atoms with E-state index < -0.39 is 17.2 Å². The maximum absolute atomic E-state index is 11.8. The third-order valence-corrected chi connectivity index (χ3v) is 2.93. The maximum atomic E-state index is 11.8. The second kappa shape index (κ2) is 5.70. The molecule has 7 heteroatoms. The third-order valence-electron chi connectivity index (χ3n) is 2.93. The van der Waals surface area contributed by atoms with Crippen LogP contribution in [0.2, 0.25) is 0 Å². The molecule has 106 valence electrons. The number of hydrogen-bond acceptors (Lipinski definition) is 4. The predicted molar refractivity (Wildman–Crippen MR) is 76.7 cm³/mol. The number of benzene rings is 1. The summed E-state index contributed by atoms with van der Waals surface area (Å²) in [4.78, 5) is 39.1. The molecular weight excluding hydrogens is 260 g/mol. The van der Waals surface area contributed by atoms with Gasteiger partial charge in [0.1, 0.15) is 0 Å². The van der Waals surface area contributed by atoms with Crippen LogP contribution >= 0.6 is 0 Å². The summed E-state index contributed by atoms with van der Waals surface area (Å²) in [6.45, 7) is 1.95. The van der Waals surface area contributed by atoms with Crippen molar-refractivity contribution < 1.29 is 4.79 Å². The zero-order chi connectivity index (χ0) is 14.7. The summed E-state index contributed by atoms with van der Waals surface area (Å²) in [5.74, 6) is -0.280. The lowest BCUT2D eigenvalue weighted by atomic mass is 10.1. The van der Waals surface area contributed by atoms with Crippen molar-refractivity contribution in [3.05, 3.63) is 38.9 Å². The molecule has 0 aliphatic rings. The summed E-state index contributed by atoms with van der Waals surface area (Å²) in [5, 5.41) is 2.67. The Kier molecular flexibility index (Phi) is 3.99. The molecule has 2 rings (SSSR count). The van der Waals surface area contributed by atoms with Crippen LogP contribution in [-0.2, 0) is 4.79 Å². The van der Waals surface area contributed by atoms with Crippen molar-refractivity contribution in [1.29, 1.82) is 0 Å². The standard InChI is InChI=1S/C13H16N4O3/c1-2-3-8(14)11(18)15-7-4-5-9-10(6-7)17-13(20)12(19)16-9/h4-6,8H,2-3,14H2,1H3,(H,15,18)(H,16,19)(H,17,20)/t8-/m1/s1. The van der Waals surface area contributed by atoms with Crippen molar-refractivity contribution in [1.82, 2.24) is 9.97 Å². The molecule has 1 amide bonds. The van der Waals surface area contributed by atoms with Crippen LogP contribution in [0.25, 0.3) is 11.0 Å². The number of carbonyl (C=O) groups excluding carboxylic acids is 1. The van der Waals surface area contributed by atoms with Crippen LogP contribution in [0.5, 0.6) is 0 Å². The number of aromatic amines is 2. The number of nitrogens with two attached hydrogens (primary N) is 1. The molecule has 0 fully saturated rings. The summed E-state index contributed by atoms with van der Waals surface area (Å²) < 4.78 is 0. The second-order valence-electron chi connectivity index (χ2n) is 4.55. The van der Waals surface area contributed by atoms with E-state index in [4.69, 9.17) is 5.73 Å². The van der Waals surface area contributed by atoms with E-state index in [0.29, 0.717) is 23.1 Å². The van der Waals surface area contributed by atoms with Gasteiger partial charge in [0.2, 0.25) is 5.91 Å². The number of nitrogens with one attached hydrogen (secondary N) is 3. The topological polar surface area (TPSA) is 121 Å². The quantitative estimate of drug-likeness (QED) is 0.599. The van der Waals surface area contributed by atoms with Crippen LogP contribution in [0.3, 0.4) is 0 Å². The van der Waals surface area contributed by atoms with E-state index >= 15 is 0 Å². The van der Waals surface area contributed by atoms with Gasteiger partial charge in [0.15, 0.2) is 0 Å². The Bertz CT molecular complexity index is 747. The lowest BCUT2D eigenvalue weighted by molar-refractivity contribution is -0.117. The zero-order valence-corrected chi connectivity index (χ0v) is 11.0. The number of rotatable bonds is 4. The minimum absolute atomic E-state index is 0.280. The highest BCUT2D eigenvalue weighted by Crippen LogP contribution is 2.14. The first kappa shape index (κ1) is 14.0. The molecule has 1 heterocycles. The van der Waals surface area contributed by atoms with Gasteiger partial charge in [0.05, 0.1) is 17.1 Å². The van der Waals surface area contributed by atoms with E-state index in [-0.39, 0.29) is 5.91 Å². The van der Waals surface area contributed by atoms with Gasteiger partial charge in [0.25, 0.3) is 0 Å². The smallest absolute Gasteiger partial charge is 0.314 e.